The number of rotatable bonds is 8. The van der Waals surface area contributed by atoms with Crippen molar-refractivity contribution in [2.75, 3.05) is 35.6 Å². The van der Waals surface area contributed by atoms with Gasteiger partial charge in [0.2, 0.25) is 10.0 Å². The van der Waals surface area contributed by atoms with E-state index in [2.05, 4.69) is 15.2 Å². The molecular weight excluding hydrogens is 751 g/mol. The zero-order chi connectivity index (χ0) is 36.9. The van der Waals surface area contributed by atoms with Gasteiger partial charge in [-0.1, -0.05) is 89.4 Å². The summed E-state index contributed by atoms with van der Waals surface area (Å²) in [4.78, 5) is 25.2. The van der Waals surface area contributed by atoms with E-state index in [-0.39, 0.29) is 23.7 Å². The summed E-state index contributed by atoms with van der Waals surface area (Å²) in [5.41, 5.74) is 6.45. The lowest BCUT2D eigenvalue weighted by molar-refractivity contribution is 0.102. The van der Waals surface area contributed by atoms with Crippen LogP contribution in [0.3, 0.4) is 0 Å². The zero-order valence-corrected chi connectivity index (χ0v) is 32.0. The first-order chi connectivity index (χ1) is 25.6. The molecule has 0 saturated carbocycles. The van der Waals surface area contributed by atoms with Crippen molar-refractivity contribution in [2.24, 2.45) is 0 Å². The van der Waals surface area contributed by atoms with Gasteiger partial charge in [-0.15, -0.1) is 0 Å². The fraction of sp³-hybridized carbons (Fsp3) is 0.250. The number of nitrogens with zero attached hydrogens (tertiary/aromatic N) is 4. The Kier molecular flexibility index (Phi) is 9.76. The number of halogens is 3. The first kappa shape index (κ1) is 35.7. The first-order valence-corrected chi connectivity index (χ1v) is 20.4. The molecule has 2 aliphatic heterocycles. The van der Waals surface area contributed by atoms with Gasteiger partial charge in [-0.25, -0.2) is 13.4 Å². The molecule has 2 aliphatic rings. The van der Waals surface area contributed by atoms with Gasteiger partial charge in [0.05, 0.1) is 40.9 Å². The van der Waals surface area contributed by atoms with Gasteiger partial charge >= 0.3 is 0 Å². The molecule has 0 radical (unpaired) electrons. The van der Waals surface area contributed by atoms with Gasteiger partial charge in [0, 0.05) is 62.8 Å². The van der Waals surface area contributed by atoms with Crippen molar-refractivity contribution in [1.82, 2.24) is 18.8 Å². The SMILES string of the molecule is C[C@@H](c1ccc(Cl)cc1Cl)n1cnc(-c2ccccc2)c1-c1c(C(=O)Nc2ccccc2N2CCC(N3CCCS3(=O)=O)CC2)[nH]c2cc(Cl)ccc12. The molecule has 2 saturated heterocycles. The maximum atomic E-state index is 14.7. The number of sulfonamides is 1. The van der Waals surface area contributed by atoms with Crippen LogP contribution in [0.4, 0.5) is 11.4 Å². The lowest BCUT2D eigenvalue weighted by Gasteiger charge is -2.37. The number of hydrogen-bond donors (Lipinski definition) is 2. The van der Waals surface area contributed by atoms with Crippen molar-refractivity contribution in [3.63, 3.8) is 0 Å². The van der Waals surface area contributed by atoms with E-state index in [0.717, 1.165) is 40.7 Å². The Morgan fingerprint density at radius 3 is 2.36 bits per heavy atom. The number of amides is 1. The van der Waals surface area contributed by atoms with E-state index in [1.165, 1.54) is 0 Å². The smallest absolute Gasteiger partial charge is 0.272 e. The third-order valence-electron chi connectivity index (χ3n) is 10.4. The van der Waals surface area contributed by atoms with Crippen LogP contribution < -0.4 is 10.2 Å². The highest BCUT2D eigenvalue weighted by atomic mass is 35.5. The Morgan fingerprint density at radius 2 is 1.62 bits per heavy atom. The quantitative estimate of drug-likeness (QED) is 0.160. The highest BCUT2D eigenvalue weighted by Gasteiger charge is 2.36. The van der Waals surface area contributed by atoms with Crippen molar-refractivity contribution in [2.45, 2.75) is 38.3 Å². The fourth-order valence-corrected chi connectivity index (χ4v) is 10.3. The molecule has 9 nitrogen and oxygen atoms in total. The number of carbonyl (C=O) groups excluding carboxylic acids is 1. The summed E-state index contributed by atoms with van der Waals surface area (Å²) in [5.74, 6) is -0.104. The number of para-hydroxylation sites is 2. The van der Waals surface area contributed by atoms with Crippen molar-refractivity contribution in [3.8, 4) is 22.5 Å². The van der Waals surface area contributed by atoms with E-state index in [1.807, 2.05) is 96.4 Å². The largest absolute Gasteiger partial charge is 0.370 e. The number of carbonyl (C=O) groups is 1. The number of anilines is 2. The van der Waals surface area contributed by atoms with E-state index in [4.69, 9.17) is 39.8 Å². The Balaban J connectivity index is 1.20. The van der Waals surface area contributed by atoms with Crippen LogP contribution in [0.5, 0.6) is 0 Å². The Labute approximate surface area is 323 Å². The molecule has 2 aromatic heterocycles. The predicted molar refractivity (Wildman–Crippen MR) is 215 cm³/mol. The van der Waals surface area contributed by atoms with Crippen molar-refractivity contribution in [1.29, 1.82) is 0 Å². The Hall–Kier alpha value is -4.32. The van der Waals surface area contributed by atoms with Crippen LogP contribution in [0.2, 0.25) is 15.1 Å². The Bertz CT molecular complexity index is 2440. The molecule has 2 fully saturated rings. The molecule has 1 atom stereocenters. The second-order valence-corrected chi connectivity index (χ2v) is 16.9. The van der Waals surface area contributed by atoms with Gasteiger partial charge < -0.3 is 19.8 Å². The summed E-state index contributed by atoms with van der Waals surface area (Å²) < 4.78 is 29.0. The minimum Gasteiger partial charge on any atom is -0.370 e. The summed E-state index contributed by atoms with van der Waals surface area (Å²) in [6, 6.07) is 28.3. The molecule has 53 heavy (non-hydrogen) atoms. The van der Waals surface area contributed by atoms with Crippen molar-refractivity contribution < 1.29 is 13.2 Å². The highest BCUT2D eigenvalue weighted by molar-refractivity contribution is 7.89. The van der Waals surface area contributed by atoms with Crippen LogP contribution in [0.1, 0.15) is 48.3 Å². The number of hydrogen-bond acceptors (Lipinski definition) is 5. The number of imidazole rings is 1. The van der Waals surface area contributed by atoms with Gasteiger partial charge in [0.25, 0.3) is 5.91 Å². The normalized spacial score (nSPS) is 17.0. The average molecular weight is 788 g/mol. The number of H-pyrrole nitrogens is 1. The predicted octanol–water partition coefficient (Wildman–Crippen LogP) is 9.52. The third kappa shape index (κ3) is 6.83. The standard InChI is InChI=1S/C40H37Cl3N6O3S/c1-25(30-14-12-27(41)22-32(30)43)48-24-44-37(26-8-3-2-4-9-26)39(48)36-31-15-13-28(42)23-34(31)45-38(36)40(50)46-33-10-5-6-11-35(33)47-19-16-29(17-20-47)49-18-7-21-53(49,51)52/h2-6,8-15,22-25,29,45H,7,16-21H2,1H3,(H,46,50)/t25-/m0/s1. The van der Waals surface area contributed by atoms with Gasteiger partial charge in [-0.2, -0.15) is 4.31 Å². The molecule has 0 unspecified atom stereocenters. The average Bonchev–Trinajstić information content (AvgIpc) is 3.86. The molecule has 8 rings (SSSR count). The van der Waals surface area contributed by atoms with Crippen LogP contribution in [0.15, 0.2) is 97.3 Å². The molecule has 272 valence electrons. The fourth-order valence-electron chi connectivity index (χ4n) is 7.79. The number of nitrogens with one attached hydrogen (secondary N) is 2. The summed E-state index contributed by atoms with van der Waals surface area (Å²) in [5, 5.41) is 5.62. The second-order valence-electron chi connectivity index (χ2n) is 13.6. The van der Waals surface area contributed by atoms with Crippen molar-refractivity contribution >= 4 is 73.0 Å². The first-order valence-electron chi connectivity index (χ1n) is 17.6. The summed E-state index contributed by atoms with van der Waals surface area (Å²) in [6.45, 7) is 3.97. The summed E-state index contributed by atoms with van der Waals surface area (Å²) in [7, 11) is -3.18. The number of aromatic nitrogens is 3. The van der Waals surface area contributed by atoms with Crippen LogP contribution in [-0.4, -0.2) is 64.6 Å². The van der Waals surface area contributed by atoms with Gasteiger partial charge in [-0.3, -0.25) is 4.79 Å². The van der Waals surface area contributed by atoms with Crippen LogP contribution in [0, 0.1) is 0 Å². The maximum Gasteiger partial charge on any atom is 0.272 e. The second kappa shape index (κ2) is 14.5. The maximum absolute atomic E-state index is 14.7. The van der Waals surface area contributed by atoms with Gasteiger partial charge in [0.1, 0.15) is 5.69 Å². The van der Waals surface area contributed by atoms with E-state index in [1.54, 1.807) is 16.7 Å². The molecule has 0 spiro atoms. The van der Waals surface area contributed by atoms with Crippen LogP contribution in [0.25, 0.3) is 33.4 Å². The molecule has 6 aromatic rings. The topological polar surface area (TPSA) is 103 Å². The monoisotopic (exact) mass is 786 g/mol. The van der Waals surface area contributed by atoms with Gasteiger partial charge in [0.15, 0.2) is 0 Å². The highest BCUT2D eigenvalue weighted by Crippen LogP contribution is 2.43. The van der Waals surface area contributed by atoms with E-state index in [0.29, 0.717) is 69.3 Å². The molecule has 4 heterocycles. The molecule has 0 bridgehead atoms. The van der Waals surface area contributed by atoms with E-state index < -0.39 is 10.0 Å². The van der Waals surface area contributed by atoms with E-state index in [9.17, 15) is 13.2 Å². The van der Waals surface area contributed by atoms with Crippen LogP contribution >= 0.6 is 34.8 Å². The molecular formula is C40H37Cl3N6O3S. The summed E-state index contributed by atoms with van der Waals surface area (Å²) >= 11 is 19.5. The lowest BCUT2D eigenvalue weighted by Crippen LogP contribution is -2.45. The molecule has 2 N–H and O–H groups in total. The molecule has 4 aromatic carbocycles. The number of piperidine rings is 1. The van der Waals surface area contributed by atoms with E-state index >= 15 is 0 Å². The Morgan fingerprint density at radius 1 is 0.906 bits per heavy atom. The number of aromatic amines is 1. The summed E-state index contributed by atoms with van der Waals surface area (Å²) in [6.07, 6.45) is 3.91. The third-order valence-corrected chi connectivity index (χ3v) is 13.2. The molecule has 1 amide bonds. The van der Waals surface area contributed by atoms with Crippen molar-refractivity contribution in [3.05, 3.63) is 124 Å². The molecule has 13 heteroatoms. The zero-order valence-electron chi connectivity index (χ0n) is 28.9. The van der Waals surface area contributed by atoms with Crippen LogP contribution in [-0.2, 0) is 10.0 Å². The lowest BCUT2D eigenvalue weighted by atomic mass is 9.99. The molecule has 0 aliphatic carbocycles. The minimum absolute atomic E-state index is 0.00459. The number of benzene rings is 4. The number of fused-ring (bicyclic) bond motifs is 1. The van der Waals surface area contributed by atoms with Gasteiger partial charge in [-0.05, 0) is 68.1 Å². The minimum atomic E-state index is -3.18.